The summed E-state index contributed by atoms with van der Waals surface area (Å²) < 4.78 is 0. The smallest absolute Gasteiger partial charge is 0.300 e. The molecule has 0 unspecified atom stereocenters. The summed E-state index contributed by atoms with van der Waals surface area (Å²) in [4.78, 5) is 9.00. The quantitative estimate of drug-likeness (QED) is 0.692. The minimum absolute atomic E-state index is 0. The molecular weight excluding hydrogens is 283 g/mol. The minimum atomic E-state index is -0.833. The number of carboxylic acid groups (broad SMARTS) is 1. The molecule has 0 fully saturated rings. The van der Waals surface area contributed by atoms with Gasteiger partial charge in [0.25, 0.3) is 5.97 Å². The van der Waals surface area contributed by atoms with Crippen molar-refractivity contribution in [2.45, 2.75) is 6.92 Å². The zero-order valence-corrected chi connectivity index (χ0v) is 6.44. The molecule has 0 aliphatic heterocycles. The van der Waals surface area contributed by atoms with Crippen molar-refractivity contribution in [1.29, 1.82) is 0 Å². The van der Waals surface area contributed by atoms with E-state index in [4.69, 9.17) is 9.90 Å². The van der Waals surface area contributed by atoms with Gasteiger partial charge in [0.1, 0.15) is 0 Å². The summed E-state index contributed by atoms with van der Waals surface area (Å²) in [7, 11) is 0. The topological polar surface area (TPSA) is 37.3 Å². The Balaban J connectivity index is -0.0000000450. The molecule has 0 rings (SSSR count). The summed E-state index contributed by atoms with van der Waals surface area (Å²) in [5, 5.41) is 7.42. The summed E-state index contributed by atoms with van der Waals surface area (Å²) in [6.07, 6.45) is 0. The second-order valence-electron chi connectivity index (χ2n) is 0.519. The number of rotatable bonds is 0. The van der Waals surface area contributed by atoms with Crippen molar-refractivity contribution in [3.8, 4) is 0 Å². The van der Waals surface area contributed by atoms with Gasteiger partial charge in [-0.2, -0.15) is 13.5 Å². The Bertz CT molecular complexity index is 34.5. The predicted molar refractivity (Wildman–Crippen MR) is 23.7 cm³/mol. The van der Waals surface area contributed by atoms with Crippen LogP contribution in [0.25, 0.3) is 0 Å². The first-order valence-corrected chi connectivity index (χ1v) is 0.928. The third kappa shape index (κ3) is 215. The van der Waals surface area contributed by atoms with Crippen molar-refractivity contribution in [1.82, 2.24) is 0 Å². The summed E-state index contributed by atoms with van der Waals surface area (Å²) in [6.45, 7) is 1.08. The third-order valence-electron chi connectivity index (χ3n) is 0. The Morgan fingerprint density at radius 2 is 1.67 bits per heavy atom. The van der Waals surface area contributed by atoms with Gasteiger partial charge in [-0.15, -0.1) is 0 Å². The molecule has 0 amide bonds. The molecule has 0 aliphatic rings. The fourth-order valence-corrected chi connectivity index (χ4v) is 0. The van der Waals surface area contributed by atoms with Gasteiger partial charge in [0.15, 0.2) is 0 Å². The van der Waals surface area contributed by atoms with Gasteiger partial charge < -0.3 is 5.11 Å². The first-order chi connectivity index (χ1) is 1.73. The average Bonchev–Trinajstić information content (AvgIpc) is 0.811. The van der Waals surface area contributed by atoms with Crippen LogP contribution in [0.1, 0.15) is 6.92 Å². The van der Waals surface area contributed by atoms with Crippen molar-refractivity contribution in [3.63, 3.8) is 0 Å². The second-order valence-corrected chi connectivity index (χ2v) is 0.519. The van der Waals surface area contributed by atoms with Gasteiger partial charge in [-0.05, 0) is 0 Å². The molecule has 42 valence electrons. The molecule has 0 bridgehead atoms. The minimum Gasteiger partial charge on any atom is -0.481 e. The maximum atomic E-state index is 9.00. The van der Waals surface area contributed by atoms with Crippen LogP contribution in [0.15, 0.2) is 0 Å². The van der Waals surface area contributed by atoms with E-state index < -0.39 is 5.97 Å². The second kappa shape index (κ2) is 9.10. The Morgan fingerprint density at radius 3 is 1.67 bits per heavy atom. The molecule has 0 aromatic rings. The number of carboxylic acids is 1. The van der Waals surface area contributed by atoms with Gasteiger partial charge in [-0.25, -0.2) is 0 Å². The van der Waals surface area contributed by atoms with E-state index in [0.717, 1.165) is 6.92 Å². The molecule has 4 heteroatoms. The molecule has 1 N–H and O–H groups in total. The van der Waals surface area contributed by atoms with E-state index >= 15 is 0 Å². The van der Waals surface area contributed by atoms with Crippen molar-refractivity contribution in [2.75, 3.05) is 0 Å². The molecule has 0 radical (unpaired) electrons. The Kier molecular flexibility index (Phi) is 24.3. The fourth-order valence-electron chi connectivity index (χ4n) is 0. The van der Waals surface area contributed by atoms with E-state index in [1.54, 1.807) is 0 Å². The van der Waals surface area contributed by atoms with Crippen LogP contribution in [-0.4, -0.2) is 11.1 Å². The molecule has 0 aromatic carbocycles. The van der Waals surface area contributed by atoms with Crippen molar-refractivity contribution >= 4 is 19.5 Å². The number of carbonyl (C=O) groups is 1. The molecule has 0 saturated carbocycles. The summed E-state index contributed by atoms with van der Waals surface area (Å²) in [6, 6.07) is 0. The van der Waals surface area contributed by atoms with Gasteiger partial charge in [0, 0.05) is 28.0 Å². The molecule has 0 aliphatic carbocycles. The Morgan fingerprint density at radius 1 is 1.67 bits per heavy atom. The number of hydrogen-bond donors (Lipinski definition) is 1. The monoisotopic (exact) mass is 289 g/mol. The summed E-state index contributed by atoms with van der Waals surface area (Å²) in [5.74, 6) is -0.833. The molecule has 0 spiro atoms. The van der Waals surface area contributed by atoms with Crippen LogP contribution in [0.3, 0.4) is 0 Å². The van der Waals surface area contributed by atoms with Gasteiger partial charge in [-0.3, -0.25) is 4.79 Å². The van der Waals surface area contributed by atoms with Gasteiger partial charge >= 0.3 is 0 Å². The van der Waals surface area contributed by atoms with Gasteiger partial charge in [0.05, 0.1) is 0 Å². The van der Waals surface area contributed by atoms with Crippen LogP contribution in [0, 0.1) is 0 Å². The van der Waals surface area contributed by atoms with E-state index in [1.165, 1.54) is 0 Å². The predicted octanol–water partition coefficient (Wildman–Crippen LogP) is 0.201. The maximum Gasteiger partial charge on any atom is 0.300 e. The van der Waals surface area contributed by atoms with E-state index in [1.807, 2.05) is 0 Å². The SMILES string of the molecule is CC(=O)O.S.[Pt]. The first kappa shape index (κ1) is 16.0. The largest absolute Gasteiger partial charge is 0.481 e. The van der Waals surface area contributed by atoms with E-state index in [-0.39, 0.29) is 34.6 Å². The molecule has 0 heterocycles. The Hall–Kier alpha value is 0.508. The molecule has 2 nitrogen and oxygen atoms in total. The Labute approximate surface area is 57.6 Å². The van der Waals surface area contributed by atoms with E-state index in [0.29, 0.717) is 0 Å². The molecular formula is C2H6O2PtS. The van der Waals surface area contributed by atoms with Crippen LogP contribution in [0.5, 0.6) is 0 Å². The fraction of sp³-hybridized carbons (Fsp3) is 0.500. The van der Waals surface area contributed by atoms with Crippen molar-refractivity contribution < 1.29 is 31.0 Å². The first-order valence-electron chi connectivity index (χ1n) is 0.928. The van der Waals surface area contributed by atoms with Crippen LogP contribution in [0.4, 0.5) is 0 Å². The number of hydrogen-bond acceptors (Lipinski definition) is 1. The van der Waals surface area contributed by atoms with Crippen molar-refractivity contribution in [2.24, 2.45) is 0 Å². The van der Waals surface area contributed by atoms with Gasteiger partial charge in [0.2, 0.25) is 0 Å². The van der Waals surface area contributed by atoms with Crippen molar-refractivity contribution in [3.05, 3.63) is 0 Å². The number of aliphatic carboxylic acids is 1. The zero-order valence-electron chi connectivity index (χ0n) is 3.17. The van der Waals surface area contributed by atoms with Crippen LogP contribution < -0.4 is 0 Å². The third-order valence-corrected chi connectivity index (χ3v) is 0. The summed E-state index contributed by atoms with van der Waals surface area (Å²) in [5.41, 5.74) is 0. The van der Waals surface area contributed by atoms with Crippen LogP contribution >= 0.6 is 13.5 Å². The van der Waals surface area contributed by atoms with Gasteiger partial charge in [-0.1, -0.05) is 0 Å². The molecule has 0 aromatic heterocycles. The normalized spacial score (nSPS) is 4.17. The molecule has 6 heavy (non-hydrogen) atoms. The van der Waals surface area contributed by atoms with E-state index in [2.05, 4.69) is 0 Å². The summed E-state index contributed by atoms with van der Waals surface area (Å²) >= 11 is 0. The maximum absolute atomic E-state index is 9.00. The van der Waals surface area contributed by atoms with Crippen LogP contribution in [-0.2, 0) is 25.9 Å². The molecule has 0 atom stereocenters. The average molecular weight is 289 g/mol. The van der Waals surface area contributed by atoms with E-state index in [9.17, 15) is 0 Å². The molecule has 0 saturated heterocycles. The standard InChI is InChI=1S/C2H4O2.Pt.H2S/c1-2(3)4;;/h1H3,(H,3,4);;1H2. The van der Waals surface area contributed by atoms with Crippen LogP contribution in [0.2, 0.25) is 0 Å². The zero-order chi connectivity index (χ0) is 3.58.